The summed E-state index contributed by atoms with van der Waals surface area (Å²) in [4.78, 5) is 0. The van der Waals surface area contributed by atoms with Crippen molar-refractivity contribution in [1.82, 2.24) is 0 Å². The fourth-order valence-corrected chi connectivity index (χ4v) is 0.899. The second-order valence-corrected chi connectivity index (χ2v) is 2.33. The number of aliphatic hydroxyl groups is 4. The molecule has 1 heterocycles. The third-order valence-corrected chi connectivity index (χ3v) is 1.47. The van der Waals surface area contributed by atoms with Gasteiger partial charge in [0.1, 0.15) is 12.2 Å². The predicted molar refractivity (Wildman–Crippen MR) is 34.7 cm³/mol. The Balaban J connectivity index is 2.52. The van der Waals surface area contributed by atoms with Crippen LogP contribution in [0.15, 0.2) is 12.0 Å². The summed E-state index contributed by atoms with van der Waals surface area (Å²) in [5.41, 5.74) is 0. The number of ether oxygens (including phenoxy) is 1. The van der Waals surface area contributed by atoms with Gasteiger partial charge < -0.3 is 25.2 Å². The number of hydrogen-bond donors (Lipinski definition) is 4. The van der Waals surface area contributed by atoms with Crippen LogP contribution < -0.4 is 0 Å². The van der Waals surface area contributed by atoms with E-state index < -0.39 is 30.9 Å². The summed E-state index contributed by atoms with van der Waals surface area (Å²) in [6.45, 7) is -0.511. The zero-order chi connectivity index (χ0) is 8.43. The normalized spacial score (nSPS) is 32.8. The second kappa shape index (κ2) is 3.08. The van der Waals surface area contributed by atoms with E-state index in [-0.39, 0.29) is 0 Å². The van der Waals surface area contributed by atoms with E-state index in [0.717, 1.165) is 6.08 Å². The summed E-state index contributed by atoms with van der Waals surface area (Å²) >= 11 is 0. The summed E-state index contributed by atoms with van der Waals surface area (Å²) in [5, 5.41) is 35.1. The van der Waals surface area contributed by atoms with Gasteiger partial charge >= 0.3 is 0 Å². The van der Waals surface area contributed by atoms with Crippen LogP contribution >= 0.6 is 0 Å². The first-order valence-electron chi connectivity index (χ1n) is 3.19. The molecule has 0 radical (unpaired) electrons. The molecule has 5 heteroatoms. The quantitative estimate of drug-likeness (QED) is 0.396. The Morgan fingerprint density at radius 2 is 2.27 bits per heavy atom. The lowest BCUT2D eigenvalue weighted by Gasteiger charge is -2.18. The van der Waals surface area contributed by atoms with Crippen molar-refractivity contribution in [3.63, 3.8) is 0 Å². The molecule has 0 bridgehead atoms. The number of rotatable bonds is 2. The molecule has 0 aromatic heterocycles. The van der Waals surface area contributed by atoms with Gasteiger partial charge in [-0.25, -0.2) is 0 Å². The van der Waals surface area contributed by atoms with Crippen LogP contribution in [0.3, 0.4) is 0 Å². The van der Waals surface area contributed by atoms with Crippen molar-refractivity contribution in [3.05, 3.63) is 12.0 Å². The highest BCUT2D eigenvalue weighted by atomic mass is 16.6. The van der Waals surface area contributed by atoms with E-state index in [1.165, 1.54) is 0 Å². The lowest BCUT2D eigenvalue weighted by molar-refractivity contribution is -0.0780. The van der Waals surface area contributed by atoms with Crippen LogP contribution in [0.1, 0.15) is 0 Å². The molecule has 0 aromatic carbocycles. The van der Waals surface area contributed by atoms with Crippen molar-refractivity contribution in [2.24, 2.45) is 0 Å². The molecule has 4 N–H and O–H groups in total. The maximum Gasteiger partial charge on any atom is 0.275 e. The van der Waals surface area contributed by atoms with Gasteiger partial charge in [0.25, 0.3) is 5.95 Å². The molecular weight excluding hydrogens is 152 g/mol. The molecule has 3 atom stereocenters. The van der Waals surface area contributed by atoms with Crippen molar-refractivity contribution in [3.8, 4) is 0 Å². The van der Waals surface area contributed by atoms with Crippen molar-refractivity contribution in [2.45, 2.75) is 18.3 Å². The Bertz CT molecular complexity index is 166. The third kappa shape index (κ3) is 1.62. The molecule has 5 nitrogen and oxygen atoms in total. The van der Waals surface area contributed by atoms with Crippen LogP contribution in [0.2, 0.25) is 0 Å². The lowest BCUT2D eigenvalue weighted by Crippen LogP contribution is -2.37. The first-order chi connectivity index (χ1) is 5.15. The molecule has 0 unspecified atom stereocenters. The van der Waals surface area contributed by atoms with Crippen LogP contribution in [-0.4, -0.2) is 45.3 Å². The molecule has 0 saturated carbocycles. The van der Waals surface area contributed by atoms with Gasteiger partial charge in [-0.2, -0.15) is 0 Å². The molecular formula is C6H10O5. The van der Waals surface area contributed by atoms with Gasteiger partial charge in [0.15, 0.2) is 6.10 Å². The largest absolute Gasteiger partial charge is 0.481 e. The number of aliphatic hydroxyl groups excluding tert-OH is 4. The van der Waals surface area contributed by atoms with E-state index in [2.05, 4.69) is 4.74 Å². The van der Waals surface area contributed by atoms with E-state index in [0.29, 0.717) is 0 Å². The minimum atomic E-state index is -1.18. The van der Waals surface area contributed by atoms with E-state index >= 15 is 0 Å². The van der Waals surface area contributed by atoms with Crippen LogP contribution in [0.25, 0.3) is 0 Å². The van der Waals surface area contributed by atoms with Gasteiger partial charge in [-0.05, 0) is 0 Å². The Morgan fingerprint density at radius 3 is 2.64 bits per heavy atom. The second-order valence-electron chi connectivity index (χ2n) is 2.33. The first kappa shape index (κ1) is 8.32. The molecule has 64 valence electrons. The molecule has 0 aliphatic carbocycles. The van der Waals surface area contributed by atoms with E-state index in [1.54, 1.807) is 0 Å². The molecule has 0 amide bonds. The standard InChI is InChI=1S/C6H10O5/c7-2-4(9)6-3(8)1-5(10)11-6/h1,3-4,6-10H,2H2/t3-,4-,6-/m0/s1. The summed E-state index contributed by atoms with van der Waals surface area (Å²) < 4.78 is 4.58. The minimum Gasteiger partial charge on any atom is -0.481 e. The van der Waals surface area contributed by atoms with Crippen molar-refractivity contribution >= 4 is 0 Å². The molecule has 1 aliphatic rings. The highest BCUT2D eigenvalue weighted by Crippen LogP contribution is 2.18. The molecule has 0 fully saturated rings. The van der Waals surface area contributed by atoms with Gasteiger partial charge in [0.05, 0.1) is 6.61 Å². The van der Waals surface area contributed by atoms with Crippen LogP contribution in [0, 0.1) is 0 Å². The van der Waals surface area contributed by atoms with Gasteiger partial charge in [0.2, 0.25) is 0 Å². The van der Waals surface area contributed by atoms with Crippen LogP contribution in [-0.2, 0) is 4.74 Å². The summed E-state index contributed by atoms with van der Waals surface area (Å²) in [5.74, 6) is -0.421. The molecule has 0 spiro atoms. The first-order valence-corrected chi connectivity index (χ1v) is 3.19. The molecule has 1 rings (SSSR count). The highest BCUT2D eigenvalue weighted by molar-refractivity contribution is 5.02. The zero-order valence-electron chi connectivity index (χ0n) is 5.71. The van der Waals surface area contributed by atoms with Crippen LogP contribution in [0.5, 0.6) is 0 Å². The fraction of sp³-hybridized carbons (Fsp3) is 0.667. The monoisotopic (exact) mass is 162 g/mol. The van der Waals surface area contributed by atoms with E-state index in [4.69, 9.17) is 20.4 Å². The molecule has 0 aromatic rings. The van der Waals surface area contributed by atoms with Gasteiger partial charge in [-0.1, -0.05) is 0 Å². The van der Waals surface area contributed by atoms with Crippen molar-refractivity contribution < 1.29 is 25.2 Å². The van der Waals surface area contributed by atoms with Gasteiger partial charge in [0, 0.05) is 6.08 Å². The molecule has 11 heavy (non-hydrogen) atoms. The Hall–Kier alpha value is -0.780. The maximum absolute atomic E-state index is 9.03. The smallest absolute Gasteiger partial charge is 0.275 e. The minimum absolute atomic E-state index is 0.421. The molecule has 0 saturated heterocycles. The van der Waals surface area contributed by atoms with Crippen molar-refractivity contribution in [2.75, 3.05) is 6.61 Å². The van der Waals surface area contributed by atoms with E-state index in [1.807, 2.05) is 0 Å². The Kier molecular flexibility index (Phi) is 2.33. The molecule has 1 aliphatic heterocycles. The fourth-order valence-electron chi connectivity index (χ4n) is 0.899. The average molecular weight is 162 g/mol. The lowest BCUT2D eigenvalue weighted by atomic mass is 10.1. The highest BCUT2D eigenvalue weighted by Gasteiger charge is 2.33. The predicted octanol–water partition coefficient (Wildman–Crippen LogP) is -1.50. The number of hydrogen-bond acceptors (Lipinski definition) is 5. The van der Waals surface area contributed by atoms with E-state index in [9.17, 15) is 0 Å². The van der Waals surface area contributed by atoms with Gasteiger partial charge in [-0.3, -0.25) is 0 Å². The SMILES string of the molecule is OC[C@H](O)[C@H]1OC(O)=C[C@@H]1O. The Morgan fingerprint density at radius 1 is 1.64 bits per heavy atom. The summed E-state index contributed by atoms with van der Waals surface area (Å²) in [7, 11) is 0. The topological polar surface area (TPSA) is 90.2 Å². The van der Waals surface area contributed by atoms with Crippen LogP contribution in [0.4, 0.5) is 0 Å². The van der Waals surface area contributed by atoms with Gasteiger partial charge in [-0.15, -0.1) is 0 Å². The average Bonchev–Trinajstić information content (AvgIpc) is 2.28. The summed E-state index contributed by atoms with van der Waals surface area (Å²) in [6.07, 6.45) is -2.13. The maximum atomic E-state index is 9.03. The zero-order valence-corrected chi connectivity index (χ0v) is 5.71. The third-order valence-electron chi connectivity index (χ3n) is 1.47. The van der Waals surface area contributed by atoms with Crippen molar-refractivity contribution in [1.29, 1.82) is 0 Å². The Labute approximate surface area is 63.2 Å². The summed E-state index contributed by atoms with van der Waals surface area (Å²) in [6, 6.07) is 0.